The van der Waals surface area contributed by atoms with Crippen LogP contribution in [-0.2, 0) is 14.4 Å². The highest BCUT2D eigenvalue weighted by Crippen LogP contribution is 2.09. The summed E-state index contributed by atoms with van der Waals surface area (Å²) in [7, 11) is 0. The van der Waals surface area contributed by atoms with E-state index in [1.165, 1.54) is 0 Å². The molecule has 132 valence electrons. The van der Waals surface area contributed by atoms with Gasteiger partial charge in [-0.15, -0.1) is 0 Å². The predicted molar refractivity (Wildman–Crippen MR) is 92.9 cm³/mol. The van der Waals surface area contributed by atoms with Gasteiger partial charge in [0.05, 0.1) is 6.54 Å². The molecule has 1 saturated heterocycles. The number of anilines is 1. The van der Waals surface area contributed by atoms with E-state index in [4.69, 9.17) is 0 Å². The second-order valence-electron chi connectivity index (χ2n) is 6.08. The summed E-state index contributed by atoms with van der Waals surface area (Å²) in [5.41, 5.74) is 3.52. The van der Waals surface area contributed by atoms with Crippen LogP contribution in [0, 0.1) is 0 Å². The Balaban J connectivity index is 1.45. The number of nitrogens with zero attached hydrogens (tertiary/aromatic N) is 3. The number of nitrogens with one attached hydrogen (secondary N) is 2. The standard InChI is InChI=1S/C17H21N5O3/c23-15-7-6-14(19-20-15)17(25)22-10-8-21(9-11-22)12-16(24)18-13-4-2-1-3-5-13/h1-5H,6-12H2,(H,18,24)(H,20,23). The summed E-state index contributed by atoms with van der Waals surface area (Å²) in [5, 5.41) is 6.71. The zero-order chi connectivity index (χ0) is 17.6. The van der Waals surface area contributed by atoms with Gasteiger partial charge in [-0.2, -0.15) is 5.10 Å². The van der Waals surface area contributed by atoms with Gasteiger partial charge >= 0.3 is 0 Å². The van der Waals surface area contributed by atoms with Crippen LogP contribution in [-0.4, -0.2) is 66.0 Å². The first-order valence-electron chi connectivity index (χ1n) is 8.34. The second-order valence-corrected chi connectivity index (χ2v) is 6.08. The van der Waals surface area contributed by atoms with E-state index in [-0.39, 0.29) is 17.7 Å². The summed E-state index contributed by atoms with van der Waals surface area (Å²) in [6, 6.07) is 9.33. The lowest BCUT2D eigenvalue weighted by atomic mass is 10.1. The van der Waals surface area contributed by atoms with Gasteiger partial charge in [0.2, 0.25) is 11.8 Å². The van der Waals surface area contributed by atoms with Crippen LogP contribution in [0.3, 0.4) is 0 Å². The van der Waals surface area contributed by atoms with Crippen molar-refractivity contribution >= 4 is 29.1 Å². The van der Waals surface area contributed by atoms with Crippen LogP contribution < -0.4 is 10.7 Å². The van der Waals surface area contributed by atoms with Gasteiger partial charge in [-0.05, 0) is 12.1 Å². The molecule has 25 heavy (non-hydrogen) atoms. The summed E-state index contributed by atoms with van der Waals surface area (Å²) < 4.78 is 0. The molecule has 0 spiro atoms. The van der Waals surface area contributed by atoms with Crippen LogP contribution in [0.4, 0.5) is 5.69 Å². The number of piperazine rings is 1. The Morgan fingerprint density at radius 3 is 2.44 bits per heavy atom. The third-order valence-corrected chi connectivity index (χ3v) is 4.24. The monoisotopic (exact) mass is 343 g/mol. The van der Waals surface area contributed by atoms with E-state index in [1.807, 2.05) is 35.2 Å². The van der Waals surface area contributed by atoms with E-state index in [0.717, 1.165) is 5.69 Å². The molecule has 0 atom stereocenters. The van der Waals surface area contributed by atoms with Crippen LogP contribution >= 0.6 is 0 Å². The summed E-state index contributed by atoms with van der Waals surface area (Å²) in [4.78, 5) is 39.3. The number of para-hydroxylation sites is 1. The smallest absolute Gasteiger partial charge is 0.270 e. The number of hydrogen-bond donors (Lipinski definition) is 2. The molecular formula is C17H21N5O3. The fourth-order valence-corrected chi connectivity index (χ4v) is 2.85. The molecule has 2 aliphatic heterocycles. The van der Waals surface area contributed by atoms with Crippen molar-refractivity contribution in [1.82, 2.24) is 15.2 Å². The molecule has 1 fully saturated rings. The first-order valence-corrected chi connectivity index (χ1v) is 8.34. The molecular weight excluding hydrogens is 322 g/mol. The number of rotatable bonds is 4. The summed E-state index contributed by atoms with van der Waals surface area (Å²) in [6.45, 7) is 2.66. The summed E-state index contributed by atoms with van der Waals surface area (Å²) in [5.74, 6) is -0.357. The second kappa shape index (κ2) is 7.89. The third kappa shape index (κ3) is 4.63. The van der Waals surface area contributed by atoms with Crippen molar-refractivity contribution in [1.29, 1.82) is 0 Å². The molecule has 3 rings (SSSR count). The Bertz CT molecular complexity index is 681. The minimum Gasteiger partial charge on any atom is -0.335 e. The van der Waals surface area contributed by atoms with Gasteiger partial charge in [0.15, 0.2) is 0 Å². The van der Waals surface area contributed by atoms with Crippen LogP contribution in [0.5, 0.6) is 0 Å². The molecule has 2 N–H and O–H groups in total. The van der Waals surface area contributed by atoms with Gasteiger partial charge in [-0.3, -0.25) is 19.3 Å². The highest BCUT2D eigenvalue weighted by atomic mass is 16.2. The van der Waals surface area contributed by atoms with Crippen molar-refractivity contribution < 1.29 is 14.4 Å². The quantitative estimate of drug-likeness (QED) is 0.807. The Kier molecular flexibility index (Phi) is 5.39. The average Bonchev–Trinajstić information content (AvgIpc) is 2.63. The van der Waals surface area contributed by atoms with Gasteiger partial charge in [0.25, 0.3) is 5.91 Å². The van der Waals surface area contributed by atoms with E-state index in [9.17, 15) is 14.4 Å². The number of benzene rings is 1. The Labute approximate surface area is 145 Å². The molecule has 3 amide bonds. The van der Waals surface area contributed by atoms with Crippen molar-refractivity contribution in [3.05, 3.63) is 30.3 Å². The van der Waals surface area contributed by atoms with Gasteiger partial charge in [-0.25, -0.2) is 5.43 Å². The fraction of sp³-hybridized carbons (Fsp3) is 0.412. The zero-order valence-electron chi connectivity index (χ0n) is 13.9. The van der Waals surface area contributed by atoms with E-state index < -0.39 is 0 Å². The van der Waals surface area contributed by atoms with Gasteiger partial charge in [0.1, 0.15) is 5.71 Å². The summed E-state index contributed by atoms with van der Waals surface area (Å²) in [6.07, 6.45) is 0.675. The first-order chi connectivity index (χ1) is 12.1. The van der Waals surface area contributed by atoms with Gasteiger partial charge < -0.3 is 10.2 Å². The third-order valence-electron chi connectivity index (χ3n) is 4.24. The lowest BCUT2D eigenvalue weighted by Crippen LogP contribution is -2.52. The molecule has 1 aromatic rings. The number of carbonyl (C=O) groups excluding carboxylic acids is 3. The van der Waals surface area contributed by atoms with Crippen molar-refractivity contribution in [2.75, 3.05) is 38.0 Å². The van der Waals surface area contributed by atoms with Crippen molar-refractivity contribution in [2.45, 2.75) is 12.8 Å². The van der Waals surface area contributed by atoms with Crippen LogP contribution in [0.2, 0.25) is 0 Å². The molecule has 1 aromatic carbocycles. The maximum Gasteiger partial charge on any atom is 0.270 e. The predicted octanol–water partition coefficient (Wildman–Crippen LogP) is 0.0353. The van der Waals surface area contributed by atoms with Crippen LogP contribution in [0.1, 0.15) is 12.8 Å². The minimum atomic E-state index is -0.161. The minimum absolute atomic E-state index is 0.0645. The maximum absolute atomic E-state index is 12.4. The topological polar surface area (TPSA) is 94.1 Å². The number of hydrogen-bond acceptors (Lipinski definition) is 5. The summed E-state index contributed by atoms with van der Waals surface area (Å²) >= 11 is 0. The fourth-order valence-electron chi connectivity index (χ4n) is 2.85. The van der Waals surface area contributed by atoms with Crippen molar-refractivity contribution in [3.63, 3.8) is 0 Å². The van der Waals surface area contributed by atoms with E-state index >= 15 is 0 Å². The molecule has 2 aliphatic rings. The molecule has 2 heterocycles. The van der Waals surface area contributed by atoms with E-state index in [2.05, 4.69) is 15.8 Å². The Morgan fingerprint density at radius 1 is 1.08 bits per heavy atom. The highest BCUT2D eigenvalue weighted by Gasteiger charge is 2.27. The lowest BCUT2D eigenvalue weighted by Gasteiger charge is -2.34. The molecule has 0 aliphatic carbocycles. The number of amides is 3. The average molecular weight is 343 g/mol. The molecule has 0 bridgehead atoms. The molecule has 0 radical (unpaired) electrons. The van der Waals surface area contributed by atoms with E-state index in [0.29, 0.717) is 51.3 Å². The highest BCUT2D eigenvalue weighted by molar-refractivity contribution is 6.39. The van der Waals surface area contributed by atoms with Crippen LogP contribution in [0.15, 0.2) is 35.4 Å². The molecule has 0 aromatic heterocycles. The maximum atomic E-state index is 12.4. The van der Waals surface area contributed by atoms with E-state index in [1.54, 1.807) is 4.90 Å². The van der Waals surface area contributed by atoms with Crippen LogP contribution in [0.25, 0.3) is 0 Å². The Hall–Kier alpha value is -2.74. The lowest BCUT2D eigenvalue weighted by molar-refractivity contribution is -0.126. The number of carbonyl (C=O) groups is 3. The van der Waals surface area contributed by atoms with Crippen molar-refractivity contribution in [3.8, 4) is 0 Å². The molecule has 8 heteroatoms. The molecule has 8 nitrogen and oxygen atoms in total. The van der Waals surface area contributed by atoms with Gasteiger partial charge in [-0.1, -0.05) is 18.2 Å². The molecule has 0 saturated carbocycles. The first kappa shape index (κ1) is 17.1. The van der Waals surface area contributed by atoms with Crippen molar-refractivity contribution in [2.24, 2.45) is 5.10 Å². The number of hydrazone groups is 1. The SMILES string of the molecule is O=C1CCC(C(=O)N2CCN(CC(=O)Nc3ccccc3)CC2)=NN1. The molecule has 0 unspecified atom stereocenters. The normalized spacial score (nSPS) is 18.3. The largest absolute Gasteiger partial charge is 0.335 e. The van der Waals surface area contributed by atoms with Gasteiger partial charge in [0, 0.05) is 44.7 Å². The zero-order valence-corrected chi connectivity index (χ0v) is 13.9. The Morgan fingerprint density at radius 2 is 1.80 bits per heavy atom.